The number of Topliss-reactive ketones (excluding diaryl/α,β-unsaturated/α-hetero) is 1. The summed E-state index contributed by atoms with van der Waals surface area (Å²) in [6, 6.07) is 0. The quantitative estimate of drug-likeness (QED) is 0.597. The van der Waals surface area contributed by atoms with Crippen LogP contribution in [0.5, 0.6) is 0 Å². The van der Waals surface area contributed by atoms with Crippen molar-refractivity contribution in [1.82, 2.24) is 0 Å². The molecule has 30 heavy (non-hydrogen) atoms. The second kappa shape index (κ2) is 7.67. The minimum Gasteiger partial charge on any atom is -0.504 e. The number of hydrogen-bond donors (Lipinski definition) is 1. The molecule has 0 aromatic rings. The molecular formula is C26H38O4. The highest BCUT2D eigenvalue weighted by Gasteiger charge is 2.58. The summed E-state index contributed by atoms with van der Waals surface area (Å²) in [4.78, 5) is 24.9. The lowest BCUT2D eigenvalue weighted by atomic mass is 9.52. The smallest absolute Gasteiger partial charge is 0.309 e. The summed E-state index contributed by atoms with van der Waals surface area (Å²) < 4.78 is 6.24. The largest absolute Gasteiger partial charge is 0.504 e. The van der Waals surface area contributed by atoms with Crippen molar-refractivity contribution in [2.24, 2.45) is 40.9 Å². The second-order valence-electron chi connectivity index (χ2n) is 11.3. The molecule has 4 nitrogen and oxygen atoms in total. The van der Waals surface area contributed by atoms with Crippen molar-refractivity contribution in [3.8, 4) is 0 Å². The molecule has 7 atom stereocenters. The fourth-order valence-electron chi connectivity index (χ4n) is 8.31. The van der Waals surface area contributed by atoms with Crippen molar-refractivity contribution < 1.29 is 19.4 Å². The van der Waals surface area contributed by atoms with E-state index in [0.717, 1.165) is 50.5 Å². The van der Waals surface area contributed by atoms with Gasteiger partial charge in [-0.05, 0) is 93.0 Å². The van der Waals surface area contributed by atoms with E-state index in [4.69, 9.17) is 4.74 Å². The highest BCUT2D eigenvalue weighted by atomic mass is 16.5. The number of ether oxygens (including phenoxy) is 1. The molecule has 0 radical (unpaired) electrons. The highest BCUT2D eigenvalue weighted by Crippen LogP contribution is 2.62. The summed E-state index contributed by atoms with van der Waals surface area (Å²) in [5, 5.41) is 10.4. The summed E-state index contributed by atoms with van der Waals surface area (Å²) >= 11 is 0. The van der Waals surface area contributed by atoms with Crippen LogP contribution >= 0.6 is 0 Å². The summed E-state index contributed by atoms with van der Waals surface area (Å²) in [6.07, 6.45) is 12.7. The normalized spacial score (nSPS) is 42.5. The van der Waals surface area contributed by atoms with Crippen LogP contribution in [0.25, 0.3) is 0 Å². The van der Waals surface area contributed by atoms with Crippen molar-refractivity contribution in [1.29, 1.82) is 0 Å². The Balaban J connectivity index is 1.30. The van der Waals surface area contributed by atoms with E-state index in [-0.39, 0.29) is 34.9 Å². The highest BCUT2D eigenvalue weighted by molar-refractivity contribution is 5.94. The first-order valence-corrected chi connectivity index (χ1v) is 12.6. The minimum atomic E-state index is -0.0513. The first-order chi connectivity index (χ1) is 14.4. The average molecular weight is 415 g/mol. The SMILES string of the molecule is CC(C(=O)O[C@H]1CC[C@H]2[C@@H]3CCC4=C(O)C(=O)CC[C@@H]4[C@H]3CC[C@]12C)C1CCCC1. The van der Waals surface area contributed by atoms with Crippen LogP contribution in [-0.2, 0) is 14.3 Å². The molecule has 0 heterocycles. The number of carbonyl (C=O) groups is 2. The van der Waals surface area contributed by atoms with Gasteiger partial charge in [-0.3, -0.25) is 9.59 Å². The summed E-state index contributed by atoms with van der Waals surface area (Å²) in [7, 11) is 0. The fourth-order valence-corrected chi connectivity index (χ4v) is 8.31. The maximum atomic E-state index is 13.0. The molecule has 0 aromatic carbocycles. The molecule has 0 saturated heterocycles. The Bertz CT molecular complexity index is 748. The number of aliphatic hydroxyl groups is 1. The zero-order valence-electron chi connectivity index (χ0n) is 18.7. The third-order valence-electron chi connectivity index (χ3n) is 10.1. The van der Waals surface area contributed by atoms with Crippen LogP contribution in [0.1, 0.15) is 90.9 Å². The lowest BCUT2D eigenvalue weighted by Crippen LogP contribution is -2.49. The standard InChI is InChI=1S/C26H38O4/c1-15(16-5-3-4-6-16)25(29)30-23-12-10-21-19-7-8-20-17(9-11-22(27)24(20)28)18(19)13-14-26(21,23)2/h15-19,21,23,28H,3-14H2,1-2H3/t15?,17-,18-,19-,21+,23+,26+/m1/s1. The van der Waals surface area contributed by atoms with E-state index in [0.29, 0.717) is 36.0 Å². The molecular weight excluding hydrogens is 376 g/mol. The predicted octanol–water partition coefficient (Wildman–Crippen LogP) is 5.75. The Hall–Kier alpha value is -1.32. The van der Waals surface area contributed by atoms with Gasteiger partial charge in [0, 0.05) is 11.8 Å². The first-order valence-electron chi connectivity index (χ1n) is 12.6. The van der Waals surface area contributed by atoms with Crippen molar-refractivity contribution in [3.63, 3.8) is 0 Å². The molecule has 0 spiro atoms. The number of esters is 1. The van der Waals surface area contributed by atoms with E-state index in [9.17, 15) is 14.7 Å². The van der Waals surface area contributed by atoms with E-state index in [1.54, 1.807) is 0 Å². The van der Waals surface area contributed by atoms with Crippen LogP contribution in [0.4, 0.5) is 0 Å². The van der Waals surface area contributed by atoms with E-state index >= 15 is 0 Å². The van der Waals surface area contributed by atoms with Gasteiger partial charge in [0.05, 0.1) is 5.92 Å². The fraction of sp³-hybridized carbons (Fsp3) is 0.846. The van der Waals surface area contributed by atoms with Crippen LogP contribution in [0, 0.1) is 40.9 Å². The Morgan fingerprint density at radius 3 is 2.57 bits per heavy atom. The van der Waals surface area contributed by atoms with Gasteiger partial charge in [0.2, 0.25) is 0 Å². The lowest BCUT2D eigenvalue weighted by molar-refractivity contribution is -0.165. The van der Waals surface area contributed by atoms with E-state index in [1.807, 2.05) is 0 Å². The second-order valence-corrected chi connectivity index (χ2v) is 11.3. The van der Waals surface area contributed by atoms with Gasteiger partial charge in [0.15, 0.2) is 11.5 Å². The van der Waals surface area contributed by atoms with Crippen LogP contribution in [-0.4, -0.2) is 23.0 Å². The first kappa shape index (κ1) is 20.6. The Morgan fingerprint density at radius 1 is 1.03 bits per heavy atom. The summed E-state index contributed by atoms with van der Waals surface area (Å²) in [5.74, 6) is 2.89. The minimum absolute atomic E-state index is 0.0385. The predicted molar refractivity (Wildman–Crippen MR) is 115 cm³/mol. The van der Waals surface area contributed by atoms with Crippen molar-refractivity contribution in [2.75, 3.05) is 0 Å². The lowest BCUT2D eigenvalue weighted by Gasteiger charge is -2.53. The number of ketones is 1. The molecule has 0 aromatic heterocycles. The zero-order chi connectivity index (χ0) is 21.0. The molecule has 166 valence electrons. The van der Waals surface area contributed by atoms with Gasteiger partial charge >= 0.3 is 5.97 Å². The molecule has 0 aliphatic heterocycles. The zero-order valence-corrected chi connectivity index (χ0v) is 18.7. The maximum Gasteiger partial charge on any atom is 0.309 e. The number of carbonyl (C=O) groups excluding carboxylic acids is 2. The van der Waals surface area contributed by atoms with Gasteiger partial charge in [0.1, 0.15) is 6.10 Å². The monoisotopic (exact) mass is 414 g/mol. The van der Waals surface area contributed by atoms with Gasteiger partial charge in [-0.25, -0.2) is 0 Å². The van der Waals surface area contributed by atoms with Crippen LogP contribution < -0.4 is 0 Å². The number of hydrogen-bond acceptors (Lipinski definition) is 4. The molecule has 1 unspecified atom stereocenters. The Kier molecular flexibility index (Phi) is 5.26. The number of fused-ring (bicyclic) bond motifs is 5. The topological polar surface area (TPSA) is 63.6 Å². The molecule has 0 bridgehead atoms. The van der Waals surface area contributed by atoms with E-state index in [2.05, 4.69) is 13.8 Å². The number of aliphatic hydroxyl groups excluding tert-OH is 1. The maximum absolute atomic E-state index is 13.0. The molecule has 5 rings (SSSR count). The van der Waals surface area contributed by atoms with Gasteiger partial charge in [-0.15, -0.1) is 0 Å². The van der Waals surface area contributed by atoms with Crippen LogP contribution in [0.2, 0.25) is 0 Å². The molecule has 4 heteroatoms. The molecule has 1 N–H and O–H groups in total. The van der Waals surface area contributed by atoms with Gasteiger partial charge in [-0.2, -0.15) is 0 Å². The molecule has 5 aliphatic rings. The molecule has 4 saturated carbocycles. The van der Waals surface area contributed by atoms with Crippen molar-refractivity contribution in [3.05, 3.63) is 11.3 Å². The van der Waals surface area contributed by atoms with Crippen molar-refractivity contribution in [2.45, 2.75) is 97.0 Å². The Morgan fingerprint density at radius 2 is 1.80 bits per heavy atom. The number of allylic oxidation sites excluding steroid dienone is 1. The Labute approximate surface area is 180 Å². The average Bonchev–Trinajstić information content (AvgIpc) is 3.38. The van der Waals surface area contributed by atoms with E-state index in [1.165, 1.54) is 25.7 Å². The summed E-state index contributed by atoms with van der Waals surface area (Å²) in [5.41, 5.74) is 1.16. The van der Waals surface area contributed by atoms with Gasteiger partial charge < -0.3 is 9.84 Å². The molecule has 4 fully saturated rings. The van der Waals surface area contributed by atoms with E-state index < -0.39 is 0 Å². The molecule has 0 amide bonds. The third kappa shape index (κ3) is 3.15. The third-order valence-corrected chi connectivity index (χ3v) is 10.1. The van der Waals surface area contributed by atoms with Crippen LogP contribution in [0.3, 0.4) is 0 Å². The summed E-state index contributed by atoms with van der Waals surface area (Å²) in [6.45, 7) is 4.46. The van der Waals surface area contributed by atoms with Gasteiger partial charge in [0.25, 0.3) is 0 Å². The van der Waals surface area contributed by atoms with Crippen molar-refractivity contribution >= 4 is 11.8 Å². The number of rotatable bonds is 3. The molecule has 5 aliphatic carbocycles. The van der Waals surface area contributed by atoms with Gasteiger partial charge in [-0.1, -0.05) is 26.7 Å². The van der Waals surface area contributed by atoms with Crippen LogP contribution in [0.15, 0.2) is 11.3 Å².